The fourth-order valence-corrected chi connectivity index (χ4v) is 2.16. The van der Waals surface area contributed by atoms with Crippen LogP contribution in [0, 0.1) is 0 Å². The molecule has 0 saturated carbocycles. The molecule has 5 heteroatoms. The van der Waals surface area contributed by atoms with E-state index in [1.807, 2.05) is 59.4 Å². The smallest absolute Gasteiger partial charge is 0.269 e. The Morgan fingerprint density at radius 1 is 1.00 bits per heavy atom. The van der Waals surface area contributed by atoms with Gasteiger partial charge in [-0.2, -0.15) is 5.10 Å². The van der Waals surface area contributed by atoms with E-state index in [-0.39, 0.29) is 5.91 Å². The second kappa shape index (κ2) is 7.38. The van der Waals surface area contributed by atoms with Gasteiger partial charge in [0.2, 0.25) is 0 Å². The Morgan fingerprint density at radius 3 is 2.48 bits per heavy atom. The first kappa shape index (κ1) is 15.0. The highest BCUT2D eigenvalue weighted by Gasteiger charge is 2.05. The zero-order chi connectivity index (χ0) is 15.9. The van der Waals surface area contributed by atoms with E-state index in [9.17, 15) is 4.79 Å². The minimum Gasteiger partial charge on any atom is -0.269 e. The van der Waals surface area contributed by atoms with E-state index >= 15 is 0 Å². The number of hydrogen-bond donors (Lipinski definition) is 1. The zero-order valence-corrected chi connectivity index (χ0v) is 12.6. The van der Waals surface area contributed by atoms with Gasteiger partial charge in [0.15, 0.2) is 0 Å². The largest absolute Gasteiger partial charge is 0.274 e. The number of aromatic nitrogens is 2. The lowest BCUT2D eigenvalue weighted by Gasteiger charge is -2.07. The molecule has 1 N–H and O–H groups in total. The monoisotopic (exact) mass is 307 g/mol. The molecule has 0 aliphatic rings. The van der Waals surface area contributed by atoms with E-state index in [0.717, 1.165) is 11.1 Å². The molecule has 0 saturated heterocycles. The molecular formula is C18H17N3O2. The molecule has 1 amide bonds. The van der Waals surface area contributed by atoms with Crippen LogP contribution in [0.2, 0.25) is 0 Å². The SMILES string of the molecule is O=C(NOCc1ccccc1)c1ccc(Cn2cccn2)cc1. The van der Waals surface area contributed by atoms with Gasteiger partial charge in [-0.15, -0.1) is 0 Å². The summed E-state index contributed by atoms with van der Waals surface area (Å²) in [6.45, 7) is 1.02. The van der Waals surface area contributed by atoms with Gasteiger partial charge in [-0.05, 0) is 29.3 Å². The molecule has 3 rings (SSSR count). The second-order valence-electron chi connectivity index (χ2n) is 5.11. The Bertz CT molecular complexity index is 738. The molecule has 0 aliphatic heterocycles. The first-order valence-electron chi connectivity index (χ1n) is 7.34. The molecule has 0 unspecified atom stereocenters. The predicted octanol–water partition coefficient (Wildman–Crippen LogP) is 2.79. The van der Waals surface area contributed by atoms with Crippen molar-refractivity contribution in [3.8, 4) is 0 Å². The van der Waals surface area contributed by atoms with Crippen molar-refractivity contribution in [1.29, 1.82) is 0 Å². The Hall–Kier alpha value is -2.92. The van der Waals surface area contributed by atoms with Crippen molar-refractivity contribution in [2.45, 2.75) is 13.2 Å². The summed E-state index contributed by atoms with van der Waals surface area (Å²) in [7, 11) is 0. The summed E-state index contributed by atoms with van der Waals surface area (Å²) >= 11 is 0. The molecule has 1 aromatic heterocycles. The van der Waals surface area contributed by atoms with E-state index < -0.39 is 0 Å². The maximum absolute atomic E-state index is 12.0. The van der Waals surface area contributed by atoms with Gasteiger partial charge >= 0.3 is 0 Å². The molecule has 2 aromatic carbocycles. The summed E-state index contributed by atoms with van der Waals surface area (Å²) in [5.74, 6) is -0.258. The number of amides is 1. The average Bonchev–Trinajstić information content (AvgIpc) is 3.09. The van der Waals surface area contributed by atoms with E-state index in [2.05, 4.69) is 10.6 Å². The zero-order valence-electron chi connectivity index (χ0n) is 12.6. The third-order valence-electron chi connectivity index (χ3n) is 3.37. The number of rotatable bonds is 6. The first-order valence-corrected chi connectivity index (χ1v) is 7.34. The molecule has 0 atom stereocenters. The van der Waals surface area contributed by atoms with Gasteiger partial charge < -0.3 is 0 Å². The molecule has 1 heterocycles. The fraction of sp³-hybridized carbons (Fsp3) is 0.111. The van der Waals surface area contributed by atoms with E-state index in [0.29, 0.717) is 18.7 Å². The summed E-state index contributed by atoms with van der Waals surface area (Å²) in [5.41, 5.74) is 5.09. The molecular weight excluding hydrogens is 290 g/mol. The maximum atomic E-state index is 12.0. The van der Waals surface area contributed by atoms with Crippen LogP contribution in [0.4, 0.5) is 0 Å². The van der Waals surface area contributed by atoms with Gasteiger partial charge in [0.05, 0.1) is 13.2 Å². The summed E-state index contributed by atoms with van der Waals surface area (Å²) in [4.78, 5) is 17.2. The number of nitrogens with one attached hydrogen (secondary N) is 1. The summed E-state index contributed by atoms with van der Waals surface area (Å²) in [6.07, 6.45) is 3.64. The van der Waals surface area contributed by atoms with Gasteiger partial charge in [0.25, 0.3) is 5.91 Å². The van der Waals surface area contributed by atoms with E-state index in [1.54, 1.807) is 18.3 Å². The van der Waals surface area contributed by atoms with Crippen LogP contribution in [0.15, 0.2) is 73.1 Å². The Morgan fingerprint density at radius 2 is 1.78 bits per heavy atom. The third-order valence-corrected chi connectivity index (χ3v) is 3.37. The van der Waals surface area contributed by atoms with Crippen molar-refractivity contribution in [2.75, 3.05) is 0 Å². The lowest BCUT2D eigenvalue weighted by Crippen LogP contribution is -2.23. The molecule has 0 bridgehead atoms. The summed E-state index contributed by atoms with van der Waals surface area (Å²) < 4.78 is 1.83. The minimum atomic E-state index is -0.258. The quantitative estimate of drug-likeness (QED) is 0.712. The number of hydrogen-bond acceptors (Lipinski definition) is 3. The minimum absolute atomic E-state index is 0.258. The lowest BCUT2D eigenvalue weighted by atomic mass is 10.1. The van der Waals surface area contributed by atoms with Crippen molar-refractivity contribution >= 4 is 5.91 Å². The molecule has 0 aliphatic carbocycles. The van der Waals surface area contributed by atoms with Crippen molar-refractivity contribution in [3.05, 3.63) is 89.7 Å². The van der Waals surface area contributed by atoms with Crippen LogP contribution in [0.5, 0.6) is 0 Å². The number of carbonyl (C=O) groups is 1. The Kier molecular flexibility index (Phi) is 4.81. The topological polar surface area (TPSA) is 56.1 Å². The van der Waals surface area contributed by atoms with Crippen LogP contribution in [0.25, 0.3) is 0 Å². The maximum Gasteiger partial charge on any atom is 0.274 e. The number of nitrogens with zero attached hydrogens (tertiary/aromatic N) is 2. The van der Waals surface area contributed by atoms with Gasteiger partial charge in [-0.25, -0.2) is 5.48 Å². The lowest BCUT2D eigenvalue weighted by molar-refractivity contribution is 0.0233. The van der Waals surface area contributed by atoms with Crippen molar-refractivity contribution in [3.63, 3.8) is 0 Å². The van der Waals surface area contributed by atoms with Crippen molar-refractivity contribution in [2.24, 2.45) is 0 Å². The van der Waals surface area contributed by atoms with Gasteiger partial charge in [-0.1, -0.05) is 42.5 Å². The standard InChI is InChI=1S/C18H17N3O2/c22-18(20-23-14-16-5-2-1-3-6-16)17-9-7-15(8-10-17)13-21-12-4-11-19-21/h1-12H,13-14H2,(H,20,22). The van der Waals surface area contributed by atoms with Crippen LogP contribution < -0.4 is 5.48 Å². The van der Waals surface area contributed by atoms with Gasteiger partial charge in [0, 0.05) is 18.0 Å². The molecule has 5 nitrogen and oxygen atoms in total. The Balaban J connectivity index is 1.51. The second-order valence-corrected chi connectivity index (χ2v) is 5.11. The average molecular weight is 307 g/mol. The predicted molar refractivity (Wildman–Crippen MR) is 86.5 cm³/mol. The van der Waals surface area contributed by atoms with Gasteiger partial charge in [-0.3, -0.25) is 14.3 Å². The number of hydroxylamine groups is 1. The van der Waals surface area contributed by atoms with Crippen LogP contribution >= 0.6 is 0 Å². The van der Waals surface area contributed by atoms with Crippen LogP contribution in [0.1, 0.15) is 21.5 Å². The molecule has 0 spiro atoms. The highest BCUT2D eigenvalue weighted by Crippen LogP contribution is 2.06. The van der Waals surface area contributed by atoms with Gasteiger partial charge in [0.1, 0.15) is 0 Å². The van der Waals surface area contributed by atoms with Crippen molar-refractivity contribution in [1.82, 2.24) is 15.3 Å². The third kappa shape index (κ3) is 4.28. The highest BCUT2D eigenvalue weighted by atomic mass is 16.6. The molecule has 116 valence electrons. The molecule has 0 radical (unpaired) electrons. The van der Waals surface area contributed by atoms with Crippen LogP contribution in [0.3, 0.4) is 0 Å². The number of carbonyl (C=O) groups excluding carboxylic acids is 1. The summed E-state index contributed by atoms with van der Waals surface area (Å²) in [6, 6.07) is 18.9. The highest BCUT2D eigenvalue weighted by molar-refractivity contribution is 5.93. The fourth-order valence-electron chi connectivity index (χ4n) is 2.16. The molecule has 23 heavy (non-hydrogen) atoms. The van der Waals surface area contributed by atoms with Crippen molar-refractivity contribution < 1.29 is 9.63 Å². The van der Waals surface area contributed by atoms with Crippen LogP contribution in [-0.4, -0.2) is 15.7 Å². The summed E-state index contributed by atoms with van der Waals surface area (Å²) in [5, 5.41) is 4.16. The number of benzene rings is 2. The Labute approximate surface area is 134 Å². The van der Waals surface area contributed by atoms with Crippen LogP contribution in [-0.2, 0) is 18.0 Å². The molecule has 0 fully saturated rings. The normalized spacial score (nSPS) is 10.4. The van der Waals surface area contributed by atoms with E-state index in [4.69, 9.17) is 4.84 Å². The van der Waals surface area contributed by atoms with E-state index in [1.165, 1.54) is 0 Å². The molecule has 3 aromatic rings. The first-order chi connectivity index (χ1) is 11.3.